The Morgan fingerprint density at radius 1 is 1.24 bits per heavy atom. The molecule has 9 heteroatoms. The highest BCUT2D eigenvalue weighted by atomic mass is 35.5. The number of nitrogens with zero attached hydrogens (tertiary/aromatic N) is 3. The zero-order valence-electron chi connectivity index (χ0n) is 18.9. The number of methoxy groups -OCH3 is 1. The topological polar surface area (TPSA) is 78.3 Å². The molecule has 0 bridgehead atoms. The van der Waals surface area contributed by atoms with Crippen LogP contribution in [0.4, 0.5) is 5.95 Å². The maximum Gasteiger partial charge on any atom is 0.227 e. The van der Waals surface area contributed by atoms with Crippen molar-refractivity contribution < 1.29 is 14.3 Å². The molecule has 0 amide bonds. The maximum atomic E-state index is 12.7. The molecule has 3 aromatic rings. The molecule has 33 heavy (non-hydrogen) atoms. The molecular weight excluding hydrogens is 460 g/mol. The average Bonchev–Trinajstić information content (AvgIpc) is 3.20. The van der Waals surface area contributed by atoms with Gasteiger partial charge in [-0.15, -0.1) is 5.10 Å². The first-order valence-electron chi connectivity index (χ1n) is 10.5. The van der Waals surface area contributed by atoms with Crippen LogP contribution >= 0.6 is 23.4 Å². The average molecular weight is 485 g/mol. The minimum absolute atomic E-state index is 0.0369. The number of carbonyl (C=O) groups excluding carboxylic acids is 1. The fourth-order valence-electron chi connectivity index (χ4n) is 3.85. The molecule has 1 atom stereocenters. The number of nitrogens with one attached hydrogen (secondary N) is 1. The normalized spacial score (nSPS) is 15.1. The number of rotatable bonds is 8. The summed E-state index contributed by atoms with van der Waals surface area (Å²) in [5.41, 5.74) is 3.25. The standard InChI is InChI=1S/C24H25ClN4O3S/c1-5-32-20-12-16(10-11-19(20)31-4)22-21(15(3)30)14(2)26-23-27-24(28-29(22)23)33-13-17-8-6-7-9-18(17)25/h6-12,22H,5,13H2,1-4H3,(H,26,27,28). The zero-order chi connectivity index (χ0) is 23.5. The van der Waals surface area contributed by atoms with Crippen LogP contribution in [0.15, 0.2) is 58.9 Å². The van der Waals surface area contributed by atoms with Crippen LogP contribution in [0.25, 0.3) is 0 Å². The number of fused-ring (bicyclic) bond motifs is 1. The minimum Gasteiger partial charge on any atom is -0.493 e. The number of thioether (sulfide) groups is 1. The van der Waals surface area contributed by atoms with E-state index in [0.717, 1.165) is 16.8 Å². The third-order valence-corrected chi connectivity index (χ3v) is 6.59. The second kappa shape index (κ2) is 9.89. The van der Waals surface area contributed by atoms with Crippen molar-refractivity contribution in [2.24, 2.45) is 0 Å². The largest absolute Gasteiger partial charge is 0.493 e. The second-order valence-electron chi connectivity index (χ2n) is 7.51. The van der Waals surface area contributed by atoms with Crippen LogP contribution in [0.3, 0.4) is 0 Å². The van der Waals surface area contributed by atoms with Gasteiger partial charge in [-0.2, -0.15) is 4.98 Å². The van der Waals surface area contributed by atoms with Crippen molar-refractivity contribution in [2.45, 2.75) is 37.7 Å². The molecule has 1 unspecified atom stereocenters. The van der Waals surface area contributed by atoms with E-state index in [1.165, 1.54) is 11.8 Å². The number of ether oxygens (including phenoxy) is 2. The predicted octanol–water partition coefficient (Wildman–Crippen LogP) is 5.51. The summed E-state index contributed by atoms with van der Waals surface area (Å²) in [4.78, 5) is 17.3. The summed E-state index contributed by atoms with van der Waals surface area (Å²) < 4.78 is 13.0. The Labute approximate surface area is 202 Å². The van der Waals surface area contributed by atoms with E-state index in [0.29, 0.717) is 45.6 Å². The highest BCUT2D eigenvalue weighted by molar-refractivity contribution is 7.98. The smallest absolute Gasteiger partial charge is 0.227 e. The summed E-state index contributed by atoms with van der Waals surface area (Å²) in [5, 5.41) is 9.29. The number of hydrogen-bond acceptors (Lipinski definition) is 7. The van der Waals surface area contributed by atoms with Crippen molar-refractivity contribution in [3.05, 3.63) is 69.9 Å². The SMILES string of the molecule is CCOc1cc(C2C(C(C)=O)=C(C)Nc3nc(SCc4ccccc4Cl)nn32)ccc1OC. The van der Waals surface area contributed by atoms with Crippen LogP contribution in [0.2, 0.25) is 5.02 Å². The molecule has 2 heterocycles. The summed E-state index contributed by atoms with van der Waals surface area (Å²) >= 11 is 7.79. The number of ketones is 1. The molecule has 1 aliphatic rings. The molecule has 7 nitrogen and oxygen atoms in total. The third kappa shape index (κ3) is 4.72. The van der Waals surface area contributed by atoms with E-state index < -0.39 is 6.04 Å². The summed E-state index contributed by atoms with van der Waals surface area (Å²) in [6, 6.07) is 12.9. The number of anilines is 1. The molecule has 2 aromatic carbocycles. The second-order valence-corrected chi connectivity index (χ2v) is 8.86. The van der Waals surface area contributed by atoms with Crippen molar-refractivity contribution in [1.29, 1.82) is 0 Å². The molecular formula is C24H25ClN4O3S. The third-order valence-electron chi connectivity index (χ3n) is 5.33. The Bertz CT molecular complexity index is 1220. The molecule has 1 N–H and O–H groups in total. The maximum absolute atomic E-state index is 12.7. The molecule has 0 fully saturated rings. The van der Waals surface area contributed by atoms with Crippen LogP contribution in [0.1, 0.15) is 37.9 Å². The Morgan fingerprint density at radius 2 is 2.03 bits per heavy atom. The summed E-state index contributed by atoms with van der Waals surface area (Å²) in [5.74, 6) is 2.43. The molecule has 0 spiro atoms. The first-order valence-corrected chi connectivity index (χ1v) is 11.9. The number of hydrogen-bond donors (Lipinski definition) is 1. The number of halogens is 1. The highest BCUT2D eigenvalue weighted by Gasteiger charge is 2.33. The number of benzene rings is 2. The van der Waals surface area contributed by atoms with E-state index >= 15 is 0 Å². The van der Waals surface area contributed by atoms with E-state index in [2.05, 4.69) is 10.3 Å². The van der Waals surface area contributed by atoms with Gasteiger partial charge in [0.25, 0.3) is 0 Å². The van der Waals surface area contributed by atoms with Crippen LogP contribution in [0.5, 0.6) is 11.5 Å². The molecule has 0 radical (unpaired) electrons. The van der Waals surface area contributed by atoms with E-state index in [4.69, 9.17) is 26.2 Å². The van der Waals surface area contributed by atoms with Gasteiger partial charge in [-0.05, 0) is 50.1 Å². The predicted molar refractivity (Wildman–Crippen MR) is 130 cm³/mol. The summed E-state index contributed by atoms with van der Waals surface area (Å²) in [6.45, 7) is 5.86. The molecule has 1 aliphatic heterocycles. The van der Waals surface area contributed by atoms with Gasteiger partial charge in [-0.3, -0.25) is 4.79 Å². The van der Waals surface area contributed by atoms with Crippen LogP contribution in [-0.2, 0) is 10.5 Å². The van der Waals surface area contributed by atoms with Crippen LogP contribution in [-0.4, -0.2) is 34.3 Å². The summed E-state index contributed by atoms with van der Waals surface area (Å²) in [7, 11) is 1.60. The van der Waals surface area contributed by atoms with Crippen molar-refractivity contribution >= 4 is 35.1 Å². The van der Waals surface area contributed by atoms with E-state index in [9.17, 15) is 4.79 Å². The minimum atomic E-state index is -0.439. The van der Waals surface area contributed by atoms with Gasteiger partial charge in [0.05, 0.1) is 13.7 Å². The zero-order valence-corrected chi connectivity index (χ0v) is 20.5. The Hall–Kier alpha value is -2.97. The van der Waals surface area contributed by atoms with Crippen LogP contribution < -0.4 is 14.8 Å². The van der Waals surface area contributed by atoms with Crippen molar-refractivity contribution in [1.82, 2.24) is 14.8 Å². The lowest BCUT2D eigenvalue weighted by atomic mass is 9.93. The van der Waals surface area contributed by atoms with E-state index in [-0.39, 0.29) is 5.78 Å². The van der Waals surface area contributed by atoms with Gasteiger partial charge >= 0.3 is 0 Å². The number of carbonyl (C=O) groups is 1. The Balaban J connectivity index is 1.73. The van der Waals surface area contributed by atoms with Gasteiger partial charge in [0, 0.05) is 22.0 Å². The quantitative estimate of drug-likeness (QED) is 0.422. The van der Waals surface area contributed by atoms with Crippen LogP contribution in [0, 0.1) is 0 Å². The van der Waals surface area contributed by atoms with Gasteiger partial charge in [-0.1, -0.05) is 47.6 Å². The number of Topliss-reactive ketones (excluding diaryl/α,β-unsaturated/α-hetero) is 1. The number of aromatic nitrogens is 3. The molecule has 1 aromatic heterocycles. The fraction of sp³-hybridized carbons (Fsp3) is 0.292. The van der Waals surface area contributed by atoms with Crippen molar-refractivity contribution in [3.63, 3.8) is 0 Å². The molecule has 0 saturated carbocycles. The molecule has 4 rings (SSSR count). The first-order chi connectivity index (χ1) is 15.9. The first kappa shape index (κ1) is 23.2. The Kier molecular flexibility index (Phi) is 6.95. The summed E-state index contributed by atoms with van der Waals surface area (Å²) in [6.07, 6.45) is 0. The number of allylic oxidation sites excluding steroid dienone is 2. The van der Waals surface area contributed by atoms with Crippen molar-refractivity contribution in [2.75, 3.05) is 19.0 Å². The fourth-order valence-corrected chi connectivity index (χ4v) is 4.96. The van der Waals surface area contributed by atoms with Gasteiger partial charge in [0.1, 0.15) is 6.04 Å². The van der Waals surface area contributed by atoms with Gasteiger partial charge < -0.3 is 14.8 Å². The molecule has 0 saturated heterocycles. The molecule has 0 aliphatic carbocycles. The van der Waals surface area contributed by atoms with Gasteiger partial charge in [0.15, 0.2) is 17.3 Å². The monoisotopic (exact) mass is 484 g/mol. The lowest BCUT2D eigenvalue weighted by molar-refractivity contribution is -0.114. The van der Waals surface area contributed by atoms with Crippen molar-refractivity contribution in [3.8, 4) is 11.5 Å². The van der Waals surface area contributed by atoms with E-state index in [1.807, 2.05) is 56.3 Å². The Morgan fingerprint density at radius 3 is 2.73 bits per heavy atom. The lowest BCUT2D eigenvalue weighted by Crippen LogP contribution is -2.27. The molecule has 172 valence electrons. The lowest BCUT2D eigenvalue weighted by Gasteiger charge is -2.28. The van der Waals surface area contributed by atoms with E-state index in [1.54, 1.807) is 18.7 Å². The van der Waals surface area contributed by atoms with Gasteiger partial charge in [-0.25, -0.2) is 4.68 Å². The highest BCUT2D eigenvalue weighted by Crippen LogP contribution is 2.40. The van der Waals surface area contributed by atoms with Gasteiger partial charge in [0.2, 0.25) is 11.1 Å².